The van der Waals surface area contributed by atoms with Gasteiger partial charge in [-0.1, -0.05) is 44.3 Å². The van der Waals surface area contributed by atoms with Crippen molar-refractivity contribution in [3.05, 3.63) is 12.2 Å². The Kier molecular flexibility index (Phi) is 15.3. The maximum Gasteiger partial charge on any atom is 0.303 e. The van der Waals surface area contributed by atoms with Gasteiger partial charge in [-0.3, -0.25) is 4.79 Å². The molecule has 0 radical (unpaired) electrons. The van der Waals surface area contributed by atoms with Crippen molar-refractivity contribution >= 4 is 5.97 Å². The largest absolute Gasteiger partial charge is 0.481 e. The van der Waals surface area contributed by atoms with Crippen molar-refractivity contribution in [2.24, 2.45) is 0 Å². The fraction of sp³-hybridized carbons (Fsp3) is 0.833. The predicted octanol–water partition coefficient (Wildman–Crippen LogP) is 3.02. The van der Waals surface area contributed by atoms with E-state index in [4.69, 9.17) is 10.2 Å². The third-order valence-electron chi connectivity index (χ3n) is 3.91. The summed E-state index contributed by atoms with van der Waals surface area (Å²) in [5.41, 5.74) is 0. The SMILES string of the molecule is O=C(O)CCCCCCC[C@H](O)[C@@H](O)C/C=C\CCCCCO. The van der Waals surface area contributed by atoms with Crippen LogP contribution in [0.3, 0.4) is 0 Å². The first-order chi connectivity index (χ1) is 11.1. The van der Waals surface area contributed by atoms with E-state index in [2.05, 4.69) is 0 Å². The number of carboxylic acid groups (broad SMARTS) is 1. The molecule has 0 aliphatic carbocycles. The lowest BCUT2D eigenvalue weighted by Gasteiger charge is -2.16. The van der Waals surface area contributed by atoms with Crippen LogP contribution in [-0.4, -0.2) is 45.2 Å². The maximum atomic E-state index is 10.3. The first-order valence-corrected chi connectivity index (χ1v) is 8.91. The summed E-state index contributed by atoms with van der Waals surface area (Å²) in [6.07, 6.45) is 12.1. The number of allylic oxidation sites excluding steroid dienone is 1. The second-order valence-corrected chi connectivity index (χ2v) is 6.11. The van der Waals surface area contributed by atoms with E-state index in [9.17, 15) is 15.0 Å². The van der Waals surface area contributed by atoms with E-state index in [1.165, 1.54) is 0 Å². The summed E-state index contributed by atoms with van der Waals surface area (Å²) < 4.78 is 0. The van der Waals surface area contributed by atoms with Crippen LogP contribution < -0.4 is 0 Å². The summed E-state index contributed by atoms with van der Waals surface area (Å²) in [5.74, 6) is -0.745. The Morgan fingerprint density at radius 1 is 0.826 bits per heavy atom. The second kappa shape index (κ2) is 16.0. The molecule has 0 spiro atoms. The number of hydrogen-bond acceptors (Lipinski definition) is 4. The third kappa shape index (κ3) is 15.8. The molecule has 0 aliphatic rings. The zero-order chi connectivity index (χ0) is 17.3. The van der Waals surface area contributed by atoms with E-state index in [0.717, 1.165) is 51.4 Å². The molecule has 2 atom stereocenters. The second-order valence-electron chi connectivity index (χ2n) is 6.11. The summed E-state index contributed by atoms with van der Waals surface area (Å²) in [5, 5.41) is 36.9. The van der Waals surface area contributed by atoms with Crippen molar-refractivity contribution in [1.29, 1.82) is 0 Å². The van der Waals surface area contributed by atoms with Crippen LogP contribution in [0, 0.1) is 0 Å². The molecule has 0 saturated heterocycles. The molecule has 0 saturated carbocycles. The molecule has 0 rings (SSSR count). The lowest BCUT2D eigenvalue weighted by atomic mass is 10.0. The minimum Gasteiger partial charge on any atom is -0.481 e. The molecule has 0 unspecified atom stereocenters. The first-order valence-electron chi connectivity index (χ1n) is 8.91. The van der Waals surface area contributed by atoms with Crippen LogP contribution in [0.25, 0.3) is 0 Å². The summed E-state index contributed by atoms with van der Waals surface area (Å²) in [7, 11) is 0. The molecule has 5 nitrogen and oxygen atoms in total. The molecule has 23 heavy (non-hydrogen) atoms. The topological polar surface area (TPSA) is 98.0 Å². The van der Waals surface area contributed by atoms with Crippen LogP contribution in [-0.2, 0) is 4.79 Å². The van der Waals surface area contributed by atoms with E-state index in [1.54, 1.807) is 0 Å². The smallest absolute Gasteiger partial charge is 0.303 e. The Labute approximate surface area is 140 Å². The molecule has 5 heteroatoms. The Balaban J connectivity index is 3.49. The number of carbonyl (C=O) groups is 1. The zero-order valence-electron chi connectivity index (χ0n) is 14.2. The van der Waals surface area contributed by atoms with Gasteiger partial charge in [-0.2, -0.15) is 0 Å². The molecule has 0 heterocycles. The number of aliphatic hydroxyl groups is 3. The number of unbranched alkanes of at least 4 members (excludes halogenated alkanes) is 7. The van der Waals surface area contributed by atoms with Crippen molar-refractivity contribution in [1.82, 2.24) is 0 Å². The fourth-order valence-electron chi connectivity index (χ4n) is 2.41. The van der Waals surface area contributed by atoms with E-state index in [-0.39, 0.29) is 13.0 Å². The molecular weight excluding hydrogens is 296 g/mol. The molecule has 0 aromatic carbocycles. The van der Waals surface area contributed by atoms with Gasteiger partial charge in [0.1, 0.15) is 0 Å². The van der Waals surface area contributed by atoms with Gasteiger partial charge in [-0.25, -0.2) is 0 Å². The number of aliphatic hydroxyl groups excluding tert-OH is 3. The van der Waals surface area contributed by atoms with Gasteiger partial charge in [-0.15, -0.1) is 0 Å². The van der Waals surface area contributed by atoms with Gasteiger partial charge in [0, 0.05) is 13.0 Å². The monoisotopic (exact) mass is 330 g/mol. The quantitative estimate of drug-likeness (QED) is 0.258. The van der Waals surface area contributed by atoms with Gasteiger partial charge < -0.3 is 20.4 Å². The highest BCUT2D eigenvalue weighted by atomic mass is 16.4. The van der Waals surface area contributed by atoms with E-state index < -0.39 is 18.2 Å². The Bertz CT molecular complexity index is 304. The van der Waals surface area contributed by atoms with Gasteiger partial charge in [0.05, 0.1) is 12.2 Å². The van der Waals surface area contributed by atoms with Crippen molar-refractivity contribution in [2.75, 3.05) is 6.61 Å². The minimum absolute atomic E-state index is 0.230. The van der Waals surface area contributed by atoms with Crippen molar-refractivity contribution < 1.29 is 25.2 Å². The minimum atomic E-state index is -0.745. The molecule has 0 aromatic heterocycles. The number of hydrogen-bond donors (Lipinski definition) is 4. The van der Waals surface area contributed by atoms with Gasteiger partial charge in [-0.05, 0) is 38.5 Å². The normalized spacial score (nSPS) is 14.2. The molecule has 0 amide bonds. The molecule has 0 aliphatic heterocycles. The lowest BCUT2D eigenvalue weighted by molar-refractivity contribution is -0.137. The maximum absolute atomic E-state index is 10.3. The predicted molar refractivity (Wildman–Crippen MR) is 91.3 cm³/mol. The molecule has 136 valence electrons. The number of aliphatic carboxylic acids is 1. The van der Waals surface area contributed by atoms with Gasteiger partial charge in [0.15, 0.2) is 0 Å². The highest BCUT2D eigenvalue weighted by Crippen LogP contribution is 2.12. The van der Waals surface area contributed by atoms with E-state index in [1.807, 2.05) is 12.2 Å². The number of rotatable bonds is 16. The van der Waals surface area contributed by atoms with Crippen molar-refractivity contribution in [3.63, 3.8) is 0 Å². The van der Waals surface area contributed by atoms with Crippen LogP contribution in [0.4, 0.5) is 0 Å². The summed E-state index contributed by atoms with van der Waals surface area (Å²) in [6.45, 7) is 0.244. The Morgan fingerprint density at radius 3 is 2.17 bits per heavy atom. The average Bonchev–Trinajstić information content (AvgIpc) is 2.52. The molecule has 0 aromatic rings. The Hall–Kier alpha value is -0.910. The van der Waals surface area contributed by atoms with Crippen LogP contribution in [0.5, 0.6) is 0 Å². The van der Waals surface area contributed by atoms with E-state index >= 15 is 0 Å². The van der Waals surface area contributed by atoms with Gasteiger partial charge >= 0.3 is 5.97 Å². The third-order valence-corrected chi connectivity index (χ3v) is 3.91. The molecule has 0 fully saturated rings. The molecular formula is C18H34O5. The van der Waals surface area contributed by atoms with Crippen LogP contribution in [0.1, 0.15) is 77.0 Å². The van der Waals surface area contributed by atoms with Crippen LogP contribution in [0.15, 0.2) is 12.2 Å². The van der Waals surface area contributed by atoms with E-state index in [0.29, 0.717) is 19.3 Å². The number of carboxylic acids is 1. The van der Waals surface area contributed by atoms with Gasteiger partial charge in [0.25, 0.3) is 0 Å². The Morgan fingerprint density at radius 2 is 1.48 bits per heavy atom. The first kappa shape index (κ1) is 22.1. The highest BCUT2D eigenvalue weighted by Gasteiger charge is 2.13. The average molecular weight is 330 g/mol. The molecule has 4 N–H and O–H groups in total. The molecule has 0 bridgehead atoms. The standard InChI is InChI=1S/C18H34O5/c19-15-11-7-2-1-4-8-12-16(20)17(21)13-9-5-3-6-10-14-18(22)23/h4,8,16-17,19-21H,1-3,5-7,9-15H2,(H,22,23)/b8-4-/t16-,17-/m0/s1. The van der Waals surface area contributed by atoms with Crippen LogP contribution in [0.2, 0.25) is 0 Å². The summed E-state index contributed by atoms with van der Waals surface area (Å²) in [6, 6.07) is 0. The lowest BCUT2D eigenvalue weighted by Crippen LogP contribution is -2.25. The van der Waals surface area contributed by atoms with Gasteiger partial charge in [0.2, 0.25) is 0 Å². The zero-order valence-corrected chi connectivity index (χ0v) is 14.2. The fourth-order valence-corrected chi connectivity index (χ4v) is 2.41. The van der Waals surface area contributed by atoms with Crippen molar-refractivity contribution in [3.8, 4) is 0 Å². The summed E-state index contributed by atoms with van der Waals surface area (Å²) >= 11 is 0. The highest BCUT2D eigenvalue weighted by molar-refractivity contribution is 5.66. The van der Waals surface area contributed by atoms with Crippen molar-refractivity contribution in [2.45, 2.75) is 89.3 Å². The summed E-state index contributed by atoms with van der Waals surface area (Å²) in [4.78, 5) is 10.3. The van der Waals surface area contributed by atoms with Crippen LogP contribution >= 0.6 is 0 Å².